The molecule has 0 bridgehead atoms. The molecule has 0 aliphatic heterocycles. The van der Waals surface area contributed by atoms with Crippen LogP contribution in [0.15, 0.2) is 71.5 Å². The first-order chi connectivity index (χ1) is 12.9. The van der Waals surface area contributed by atoms with Gasteiger partial charge in [0.2, 0.25) is 0 Å². The summed E-state index contributed by atoms with van der Waals surface area (Å²) in [6, 6.07) is 8.57. The lowest BCUT2D eigenvalue weighted by Gasteiger charge is -2.17. The molecule has 3 N–H and O–H groups in total. The van der Waals surface area contributed by atoms with Crippen molar-refractivity contribution in [1.82, 2.24) is 0 Å². The van der Waals surface area contributed by atoms with Crippen molar-refractivity contribution < 1.29 is 0 Å². The Hall–Kier alpha value is -2.50. The summed E-state index contributed by atoms with van der Waals surface area (Å²) >= 11 is 0. The molecule has 2 nitrogen and oxygen atoms in total. The largest absolute Gasteiger partial charge is 0.356 e. The van der Waals surface area contributed by atoms with Crippen molar-refractivity contribution in [3.8, 4) is 12.3 Å². The second kappa shape index (κ2) is 12.0. The van der Waals surface area contributed by atoms with E-state index in [0.717, 1.165) is 47.4 Å². The Morgan fingerprint density at radius 2 is 2.04 bits per heavy atom. The van der Waals surface area contributed by atoms with Gasteiger partial charge in [0.15, 0.2) is 0 Å². The Bertz CT molecular complexity index is 751. The highest BCUT2D eigenvalue weighted by molar-refractivity contribution is 5.54. The zero-order valence-corrected chi connectivity index (χ0v) is 17.3. The van der Waals surface area contributed by atoms with Gasteiger partial charge in [0.05, 0.1) is 0 Å². The van der Waals surface area contributed by atoms with Gasteiger partial charge in [-0.2, -0.15) is 0 Å². The van der Waals surface area contributed by atoms with E-state index in [0.29, 0.717) is 12.5 Å². The zero-order chi connectivity index (χ0) is 20.2. The molecule has 1 atom stereocenters. The summed E-state index contributed by atoms with van der Waals surface area (Å²) in [5.74, 6) is 3.17. The molecule has 0 fully saturated rings. The number of hydrogen-bond donors (Lipinski definition) is 2. The Kier molecular flexibility index (Phi) is 10.0. The lowest BCUT2D eigenvalue weighted by Crippen LogP contribution is -2.08. The molecule has 0 spiro atoms. The Balaban J connectivity index is 2.94. The van der Waals surface area contributed by atoms with E-state index in [1.807, 2.05) is 26.0 Å². The molecule has 144 valence electrons. The summed E-state index contributed by atoms with van der Waals surface area (Å²) in [5, 5.41) is 3.41. The molecular weight excluding hydrogens is 328 g/mol. The van der Waals surface area contributed by atoms with Crippen molar-refractivity contribution in [3.05, 3.63) is 77.1 Å². The summed E-state index contributed by atoms with van der Waals surface area (Å²) in [6.07, 6.45) is 14.9. The van der Waals surface area contributed by atoms with Crippen LogP contribution >= 0.6 is 0 Å². The number of benzene rings is 1. The number of allylic oxidation sites excluding steroid dienone is 6. The number of rotatable bonds is 10. The molecule has 27 heavy (non-hydrogen) atoms. The maximum atomic E-state index is 5.80. The van der Waals surface area contributed by atoms with E-state index >= 15 is 0 Å². The molecule has 2 heteroatoms. The van der Waals surface area contributed by atoms with Crippen molar-refractivity contribution >= 4 is 5.69 Å². The van der Waals surface area contributed by atoms with Crippen molar-refractivity contribution in [2.24, 2.45) is 5.73 Å². The Morgan fingerprint density at radius 3 is 2.63 bits per heavy atom. The van der Waals surface area contributed by atoms with Gasteiger partial charge < -0.3 is 11.1 Å². The van der Waals surface area contributed by atoms with Gasteiger partial charge in [-0.15, -0.1) is 6.42 Å². The zero-order valence-electron chi connectivity index (χ0n) is 17.3. The fourth-order valence-corrected chi connectivity index (χ4v) is 3.16. The number of nitrogens with two attached hydrogens (primary N) is 1. The molecule has 0 saturated heterocycles. The van der Waals surface area contributed by atoms with Crippen molar-refractivity contribution in [2.75, 3.05) is 11.9 Å². The number of nitrogens with one attached hydrogen (secondary N) is 1. The summed E-state index contributed by atoms with van der Waals surface area (Å²) in [6.45, 7) is 13.1. The van der Waals surface area contributed by atoms with Gasteiger partial charge in [-0.05, 0) is 92.6 Å². The Morgan fingerprint density at radius 1 is 1.30 bits per heavy atom. The van der Waals surface area contributed by atoms with Crippen LogP contribution in [0.25, 0.3) is 0 Å². The molecule has 0 saturated carbocycles. The van der Waals surface area contributed by atoms with Crippen LogP contribution in [-0.2, 0) is 0 Å². The maximum absolute atomic E-state index is 5.80. The van der Waals surface area contributed by atoms with Crippen LogP contribution in [0.3, 0.4) is 0 Å². The van der Waals surface area contributed by atoms with Crippen LogP contribution in [-0.4, -0.2) is 6.54 Å². The summed E-state index contributed by atoms with van der Waals surface area (Å²) in [7, 11) is 0. The highest BCUT2D eigenvalue weighted by Gasteiger charge is 2.10. The molecule has 0 aromatic heterocycles. The predicted molar refractivity (Wildman–Crippen MR) is 121 cm³/mol. The fourth-order valence-electron chi connectivity index (χ4n) is 3.16. The molecule has 0 heterocycles. The summed E-state index contributed by atoms with van der Waals surface area (Å²) in [5.41, 5.74) is 12.2. The quantitative estimate of drug-likeness (QED) is 0.378. The third-order valence-electron chi connectivity index (χ3n) is 4.57. The Labute approximate surface area is 165 Å². The normalized spacial score (nSPS) is 13.9. The summed E-state index contributed by atoms with van der Waals surface area (Å²) < 4.78 is 0. The van der Waals surface area contributed by atoms with E-state index in [-0.39, 0.29) is 0 Å². The van der Waals surface area contributed by atoms with Gasteiger partial charge >= 0.3 is 0 Å². The average Bonchev–Trinajstić information content (AvgIpc) is 2.65. The van der Waals surface area contributed by atoms with Crippen LogP contribution in [0.2, 0.25) is 0 Å². The molecule has 0 aliphatic rings. The molecule has 0 aliphatic carbocycles. The van der Waals surface area contributed by atoms with Gasteiger partial charge in [-0.3, -0.25) is 0 Å². The van der Waals surface area contributed by atoms with E-state index in [4.69, 9.17) is 12.2 Å². The molecule has 1 unspecified atom stereocenters. The minimum atomic E-state index is 0.513. The smallest absolute Gasteiger partial charge is 0.0386 e. The molecular formula is C25H34N2. The van der Waals surface area contributed by atoms with E-state index < -0.39 is 0 Å². The van der Waals surface area contributed by atoms with E-state index in [1.54, 1.807) is 0 Å². The maximum Gasteiger partial charge on any atom is 0.0386 e. The van der Waals surface area contributed by atoms with Crippen LogP contribution < -0.4 is 11.1 Å². The minimum Gasteiger partial charge on any atom is -0.356 e. The standard InChI is InChI=1S/C25H34N2/c1-7-11-23(14-15-26)24-12-10-13-25(18-24)27-21(6)17-20(5)22(9-3)16-19(4)8-2/h2,9-10,12-13,16-18,23,27H,6-7,11,14-15,26H2,1,3-5H3/b19-16+,20-17-,22-9-. The van der Waals surface area contributed by atoms with Crippen LogP contribution in [0.4, 0.5) is 5.69 Å². The number of terminal acetylenes is 1. The second-order valence-corrected chi connectivity index (χ2v) is 6.88. The van der Waals surface area contributed by atoms with Gasteiger partial charge in [0.25, 0.3) is 0 Å². The van der Waals surface area contributed by atoms with E-state index in [9.17, 15) is 0 Å². The highest BCUT2D eigenvalue weighted by Crippen LogP contribution is 2.27. The first-order valence-electron chi connectivity index (χ1n) is 9.70. The molecule has 1 aromatic rings. The highest BCUT2D eigenvalue weighted by atomic mass is 14.9. The predicted octanol–water partition coefficient (Wildman–Crippen LogP) is 6.32. The van der Waals surface area contributed by atoms with E-state index in [1.165, 1.54) is 5.56 Å². The molecule has 1 rings (SSSR count). The third-order valence-corrected chi connectivity index (χ3v) is 4.57. The molecule has 0 amide bonds. The van der Waals surface area contributed by atoms with Crippen molar-refractivity contribution in [1.29, 1.82) is 0 Å². The lowest BCUT2D eigenvalue weighted by molar-refractivity contribution is 0.576. The first-order valence-corrected chi connectivity index (χ1v) is 9.70. The fraction of sp³-hybridized carbons (Fsp3) is 0.360. The lowest BCUT2D eigenvalue weighted by atomic mass is 9.91. The van der Waals surface area contributed by atoms with Crippen LogP contribution in [0.5, 0.6) is 0 Å². The van der Waals surface area contributed by atoms with Crippen molar-refractivity contribution in [3.63, 3.8) is 0 Å². The third kappa shape index (κ3) is 7.72. The topological polar surface area (TPSA) is 38.0 Å². The average molecular weight is 363 g/mol. The van der Waals surface area contributed by atoms with Crippen molar-refractivity contribution in [2.45, 2.75) is 52.9 Å². The molecule has 1 aromatic carbocycles. The summed E-state index contributed by atoms with van der Waals surface area (Å²) in [4.78, 5) is 0. The first kappa shape index (κ1) is 22.5. The monoisotopic (exact) mass is 362 g/mol. The van der Waals surface area contributed by atoms with E-state index in [2.05, 4.69) is 62.0 Å². The molecule has 0 radical (unpaired) electrons. The number of anilines is 1. The van der Waals surface area contributed by atoms with Gasteiger partial charge in [-0.1, -0.05) is 44.1 Å². The SMILES string of the molecule is C#C/C(C)=C/C(=C/C)C(/C)=C\C(=C)Nc1cccc(C(CCC)CCN)c1. The number of hydrogen-bond acceptors (Lipinski definition) is 2. The second-order valence-electron chi connectivity index (χ2n) is 6.88. The van der Waals surface area contributed by atoms with Gasteiger partial charge in [-0.25, -0.2) is 0 Å². The van der Waals surface area contributed by atoms with Crippen LogP contribution in [0.1, 0.15) is 58.4 Å². The minimum absolute atomic E-state index is 0.513. The van der Waals surface area contributed by atoms with Crippen LogP contribution in [0, 0.1) is 12.3 Å². The van der Waals surface area contributed by atoms with Gasteiger partial charge in [0.1, 0.15) is 0 Å². The van der Waals surface area contributed by atoms with Gasteiger partial charge in [0, 0.05) is 11.4 Å².